The molecule has 17 heavy (non-hydrogen) atoms. The molecule has 2 rings (SSSR count). The summed E-state index contributed by atoms with van der Waals surface area (Å²) in [7, 11) is 0. The zero-order valence-corrected chi connectivity index (χ0v) is 9.22. The van der Waals surface area contributed by atoms with Gasteiger partial charge in [-0.1, -0.05) is 5.16 Å². The summed E-state index contributed by atoms with van der Waals surface area (Å²) in [6, 6.07) is 3.62. The topological polar surface area (TPSA) is 71.2 Å². The minimum absolute atomic E-state index is 0.0551. The summed E-state index contributed by atoms with van der Waals surface area (Å²) in [5.41, 5.74) is 0.494. The lowest BCUT2D eigenvalue weighted by molar-refractivity contribution is 0.403. The van der Waals surface area contributed by atoms with Gasteiger partial charge in [-0.25, -0.2) is 4.39 Å². The van der Waals surface area contributed by atoms with Crippen molar-refractivity contribution in [3.05, 3.63) is 41.8 Å². The number of phenols is 1. The molecule has 1 aromatic carbocycles. The largest absolute Gasteiger partial charge is 0.508 e. The third-order valence-corrected chi connectivity index (χ3v) is 2.43. The molecule has 6 heteroatoms. The van der Waals surface area contributed by atoms with Gasteiger partial charge in [0.05, 0.1) is 6.54 Å². The number of aromatic nitrogens is 2. The van der Waals surface area contributed by atoms with E-state index in [-0.39, 0.29) is 17.6 Å². The highest BCUT2D eigenvalue weighted by molar-refractivity contribution is 5.34. The van der Waals surface area contributed by atoms with Crippen molar-refractivity contribution in [3.63, 3.8) is 0 Å². The molecule has 0 radical (unpaired) electrons. The van der Waals surface area contributed by atoms with Crippen molar-refractivity contribution >= 4 is 0 Å². The maximum atomic E-state index is 13.0. The molecule has 1 heterocycles. The second-order valence-corrected chi connectivity index (χ2v) is 3.65. The highest BCUT2D eigenvalue weighted by Gasteiger charge is 2.11. The van der Waals surface area contributed by atoms with E-state index < -0.39 is 0 Å². The van der Waals surface area contributed by atoms with Crippen LogP contribution in [0.5, 0.6) is 5.75 Å². The average Bonchev–Trinajstić information content (AvgIpc) is 2.82. The van der Waals surface area contributed by atoms with E-state index in [1.165, 1.54) is 24.6 Å². The number of benzene rings is 1. The fourth-order valence-corrected chi connectivity index (χ4v) is 1.50. The van der Waals surface area contributed by atoms with E-state index >= 15 is 0 Å². The first-order valence-corrected chi connectivity index (χ1v) is 5.14. The first-order chi connectivity index (χ1) is 8.16. The van der Waals surface area contributed by atoms with E-state index in [9.17, 15) is 9.50 Å². The number of phenolic OH excluding ortho intramolecular Hbond substituents is 1. The van der Waals surface area contributed by atoms with Crippen LogP contribution in [0.3, 0.4) is 0 Å². The van der Waals surface area contributed by atoms with Crippen LogP contribution in [0.25, 0.3) is 0 Å². The highest BCUT2D eigenvalue weighted by atomic mass is 19.1. The van der Waals surface area contributed by atoms with Crippen LogP contribution in [0, 0.1) is 5.82 Å². The fourth-order valence-electron chi connectivity index (χ4n) is 1.50. The van der Waals surface area contributed by atoms with Crippen molar-refractivity contribution < 1.29 is 14.0 Å². The number of hydrogen-bond acceptors (Lipinski definition) is 5. The Balaban J connectivity index is 2.04. The quantitative estimate of drug-likeness (QED) is 0.847. The normalized spacial score (nSPS) is 12.6. The molecule has 0 fully saturated rings. The summed E-state index contributed by atoms with van der Waals surface area (Å²) in [5, 5.41) is 16.3. The van der Waals surface area contributed by atoms with Crippen LogP contribution in [-0.4, -0.2) is 15.2 Å². The molecule has 0 aliphatic rings. The monoisotopic (exact) mass is 237 g/mol. The van der Waals surface area contributed by atoms with Crippen LogP contribution >= 0.6 is 0 Å². The standard InChI is InChI=1S/C11H12FN3O2/c1-7(13-5-11-14-6-17-15-11)9-4-8(12)2-3-10(9)16/h2-4,6-7,13,16H,5H2,1H3. The molecule has 0 aliphatic heterocycles. The zero-order valence-electron chi connectivity index (χ0n) is 9.22. The van der Waals surface area contributed by atoms with Crippen LogP contribution in [-0.2, 0) is 6.54 Å². The first-order valence-electron chi connectivity index (χ1n) is 5.14. The summed E-state index contributed by atoms with van der Waals surface area (Å²) in [6.45, 7) is 2.20. The fraction of sp³-hybridized carbons (Fsp3) is 0.273. The maximum absolute atomic E-state index is 13.0. The molecular formula is C11H12FN3O2. The minimum Gasteiger partial charge on any atom is -0.508 e. The predicted molar refractivity (Wildman–Crippen MR) is 57.6 cm³/mol. The van der Waals surface area contributed by atoms with Crippen LogP contribution in [0.1, 0.15) is 24.4 Å². The molecular weight excluding hydrogens is 225 g/mol. The molecule has 1 unspecified atom stereocenters. The van der Waals surface area contributed by atoms with E-state index in [1.807, 2.05) is 6.92 Å². The van der Waals surface area contributed by atoms with Crippen LogP contribution in [0.2, 0.25) is 0 Å². The van der Waals surface area contributed by atoms with Gasteiger partial charge < -0.3 is 14.9 Å². The van der Waals surface area contributed by atoms with Gasteiger partial charge in [0.1, 0.15) is 11.6 Å². The Labute approximate surface area is 97.3 Å². The second kappa shape index (κ2) is 4.92. The van der Waals surface area contributed by atoms with Crippen molar-refractivity contribution in [2.45, 2.75) is 19.5 Å². The predicted octanol–water partition coefficient (Wildman–Crippen LogP) is 1.77. The molecule has 5 nitrogen and oxygen atoms in total. The molecule has 0 bridgehead atoms. The van der Waals surface area contributed by atoms with Gasteiger partial charge in [0.25, 0.3) is 0 Å². The Morgan fingerprint density at radius 3 is 3.06 bits per heavy atom. The van der Waals surface area contributed by atoms with Gasteiger partial charge >= 0.3 is 0 Å². The molecule has 90 valence electrons. The SMILES string of the molecule is CC(NCc1ncon1)c1cc(F)ccc1O. The first kappa shape index (κ1) is 11.5. The highest BCUT2D eigenvalue weighted by Crippen LogP contribution is 2.24. The summed E-state index contributed by atoms with van der Waals surface area (Å²) >= 11 is 0. The number of halogens is 1. The minimum atomic E-state index is -0.383. The molecule has 1 atom stereocenters. The Bertz CT molecular complexity index is 487. The number of nitrogens with zero attached hydrogens (tertiary/aromatic N) is 2. The zero-order chi connectivity index (χ0) is 12.3. The maximum Gasteiger partial charge on any atom is 0.213 e. The van der Waals surface area contributed by atoms with Crippen molar-refractivity contribution in [2.75, 3.05) is 0 Å². The van der Waals surface area contributed by atoms with Gasteiger partial charge in [0.2, 0.25) is 6.39 Å². The van der Waals surface area contributed by atoms with Gasteiger partial charge in [-0.15, -0.1) is 0 Å². The Kier molecular flexibility index (Phi) is 3.34. The second-order valence-electron chi connectivity index (χ2n) is 3.65. The van der Waals surface area contributed by atoms with Gasteiger partial charge in [-0.3, -0.25) is 0 Å². The Morgan fingerprint density at radius 2 is 2.35 bits per heavy atom. The van der Waals surface area contributed by atoms with E-state index in [4.69, 9.17) is 0 Å². The molecule has 2 aromatic rings. The molecule has 2 N–H and O–H groups in total. The molecule has 0 spiro atoms. The third kappa shape index (κ3) is 2.79. The smallest absolute Gasteiger partial charge is 0.213 e. The number of nitrogens with one attached hydrogen (secondary N) is 1. The van der Waals surface area contributed by atoms with E-state index in [2.05, 4.69) is 20.0 Å². The van der Waals surface area contributed by atoms with E-state index in [1.54, 1.807) is 0 Å². The number of rotatable bonds is 4. The summed E-state index contributed by atoms with van der Waals surface area (Å²) in [4.78, 5) is 3.84. The summed E-state index contributed by atoms with van der Waals surface area (Å²) in [6.07, 6.45) is 1.24. The van der Waals surface area contributed by atoms with Crippen LogP contribution in [0.15, 0.2) is 29.1 Å². The average molecular weight is 237 g/mol. The number of aromatic hydroxyl groups is 1. The van der Waals surface area contributed by atoms with Gasteiger partial charge in [0, 0.05) is 11.6 Å². The van der Waals surface area contributed by atoms with Gasteiger partial charge in [-0.05, 0) is 25.1 Å². The van der Waals surface area contributed by atoms with Crippen molar-refractivity contribution in [2.24, 2.45) is 0 Å². The lowest BCUT2D eigenvalue weighted by Gasteiger charge is -2.14. The van der Waals surface area contributed by atoms with E-state index in [0.717, 1.165) is 0 Å². The van der Waals surface area contributed by atoms with Crippen molar-refractivity contribution in [3.8, 4) is 5.75 Å². The molecule has 0 amide bonds. The third-order valence-electron chi connectivity index (χ3n) is 2.43. The lowest BCUT2D eigenvalue weighted by atomic mass is 10.1. The van der Waals surface area contributed by atoms with Gasteiger partial charge in [0.15, 0.2) is 5.82 Å². The van der Waals surface area contributed by atoms with Crippen LogP contribution in [0.4, 0.5) is 4.39 Å². The molecule has 1 aromatic heterocycles. The summed E-state index contributed by atoms with van der Waals surface area (Å²) < 4.78 is 17.6. The summed E-state index contributed by atoms with van der Waals surface area (Å²) in [5.74, 6) is 0.179. The van der Waals surface area contributed by atoms with Crippen molar-refractivity contribution in [1.29, 1.82) is 0 Å². The Morgan fingerprint density at radius 1 is 1.53 bits per heavy atom. The Hall–Kier alpha value is -1.95. The van der Waals surface area contributed by atoms with E-state index in [0.29, 0.717) is 17.9 Å². The van der Waals surface area contributed by atoms with Crippen LogP contribution < -0.4 is 5.32 Å². The molecule has 0 saturated heterocycles. The molecule has 0 aliphatic carbocycles. The lowest BCUT2D eigenvalue weighted by Crippen LogP contribution is -2.19. The molecule has 0 saturated carbocycles. The van der Waals surface area contributed by atoms with Gasteiger partial charge in [-0.2, -0.15) is 4.98 Å². The number of hydrogen-bond donors (Lipinski definition) is 2. The van der Waals surface area contributed by atoms with Crippen molar-refractivity contribution in [1.82, 2.24) is 15.5 Å².